The molecule has 4 fully saturated rings. The number of nitrogens with zero attached hydrogens (tertiary/aromatic N) is 1. The van der Waals surface area contributed by atoms with Gasteiger partial charge in [0, 0.05) is 20.3 Å². The van der Waals surface area contributed by atoms with Crippen molar-refractivity contribution in [2.75, 3.05) is 6.61 Å². The monoisotopic (exact) mass is 807 g/mol. The molecule has 58 heavy (non-hydrogen) atoms. The Bertz CT molecular complexity index is 1870. The normalized spacial score (nSPS) is 37.0. The number of hydrogen-bond donors (Lipinski definition) is 2. The van der Waals surface area contributed by atoms with Crippen LogP contribution < -0.4 is 0 Å². The molecule has 2 N–H and O–H groups in total. The van der Waals surface area contributed by atoms with E-state index in [9.17, 15) is 34.1 Å². The van der Waals surface area contributed by atoms with Crippen LogP contribution in [0.4, 0.5) is 0 Å². The zero-order chi connectivity index (χ0) is 42.5. The fourth-order valence-corrected chi connectivity index (χ4v) is 10.4. The topological polar surface area (TPSA) is 203 Å². The number of carbonyl (C=O) groups excluding carboxylic acids is 4. The van der Waals surface area contributed by atoms with Gasteiger partial charge in [-0.25, -0.2) is 4.79 Å². The van der Waals surface area contributed by atoms with E-state index in [2.05, 4.69) is 11.6 Å². The molecule has 0 radical (unpaired) electrons. The van der Waals surface area contributed by atoms with E-state index in [4.69, 9.17) is 33.2 Å². The molecule has 2 saturated heterocycles. The average Bonchev–Trinajstić information content (AvgIpc) is 3.15. The number of aliphatic imine (C=N–C) groups is 1. The first-order valence-electron chi connectivity index (χ1n) is 19.7. The first-order chi connectivity index (χ1) is 27.3. The summed E-state index contributed by atoms with van der Waals surface area (Å²) in [5.74, 6) is -4.41. The molecule has 6 rings (SSSR count). The third-order valence-corrected chi connectivity index (χ3v) is 13.0. The molecule has 16 heteroatoms. The second-order valence-electron chi connectivity index (χ2n) is 17.3. The summed E-state index contributed by atoms with van der Waals surface area (Å²) in [5.41, 5.74) is -5.65. The van der Waals surface area contributed by atoms with E-state index in [0.717, 1.165) is 6.11 Å². The molecular weight excluding hydrogens is 753 g/mol. The van der Waals surface area contributed by atoms with Crippen molar-refractivity contribution in [3.8, 4) is 0 Å². The van der Waals surface area contributed by atoms with Crippen LogP contribution in [0.2, 0.25) is 0 Å². The van der Waals surface area contributed by atoms with Gasteiger partial charge < -0.3 is 14.2 Å². The molecule has 2 bridgehead atoms. The van der Waals surface area contributed by atoms with E-state index in [1.54, 1.807) is 51.1 Å². The van der Waals surface area contributed by atoms with Crippen molar-refractivity contribution in [3.63, 3.8) is 0 Å². The fraction of sp³-hybridized carbons (Fsp3) is 0.643. The summed E-state index contributed by atoms with van der Waals surface area (Å²) >= 11 is 0. The standard InChI is InChI=1S/C42H54BNO14/c1-10-30-55-28-17-29-41(19-52-29,58-24(6)46)34-36(57-37(48)25-14-12-11-13-15-25)42(50)18-27(54-38(49)32(47)26(16-21(2)3)44-20-43-51)22(4)31(39(42,7)8)33(53-23(5)45)35(56-30)40(28,34)9/h10-15,20-21,26-30,32-36,47,50H,1,16-19H2,2-9H3/t26-,27-,28-,29+,30?,32?,33-,34-,35-,36-,40+,41-,42+/m0/s1. The molecule has 2 saturated carbocycles. The average molecular weight is 808 g/mol. The van der Waals surface area contributed by atoms with E-state index in [-0.39, 0.29) is 37.4 Å². The van der Waals surface area contributed by atoms with Crippen LogP contribution >= 0.6 is 0 Å². The molecule has 1 aromatic carbocycles. The van der Waals surface area contributed by atoms with Crippen molar-refractivity contribution >= 4 is 37.1 Å². The Labute approximate surface area is 338 Å². The molecule has 314 valence electrons. The maximum absolute atomic E-state index is 14.4. The number of hydrogen-bond acceptors (Lipinski definition) is 15. The predicted octanol–water partition coefficient (Wildman–Crippen LogP) is 3.42. The van der Waals surface area contributed by atoms with Crippen LogP contribution in [0.25, 0.3) is 0 Å². The summed E-state index contributed by atoms with van der Waals surface area (Å²) in [5, 5.41) is 25.1. The Hall–Kier alpha value is -4.09. The van der Waals surface area contributed by atoms with Crippen LogP contribution in [0.5, 0.6) is 0 Å². The molecule has 0 spiro atoms. The molecule has 2 heterocycles. The number of aliphatic hydroxyl groups excluding tert-OH is 1. The first-order valence-corrected chi connectivity index (χ1v) is 19.7. The number of ether oxygens (including phenoxy) is 7. The summed E-state index contributed by atoms with van der Waals surface area (Å²) < 4.78 is 55.7. The molecule has 0 aromatic heterocycles. The van der Waals surface area contributed by atoms with Gasteiger partial charge in [0.2, 0.25) is 0 Å². The van der Waals surface area contributed by atoms with Gasteiger partial charge in [-0.05, 0) is 18.2 Å². The summed E-state index contributed by atoms with van der Waals surface area (Å²) in [4.78, 5) is 58.8. The van der Waals surface area contributed by atoms with Crippen LogP contribution in [0.1, 0.15) is 85.0 Å². The van der Waals surface area contributed by atoms with Crippen molar-refractivity contribution in [3.05, 3.63) is 59.7 Å². The van der Waals surface area contributed by atoms with E-state index >= 15 is 0 Å². The van der Waals surface area contributed by atoms with Gasteiger partial charge in [0.1, 0.15) is 6.10 Å². The minimum absolute atomic E-state index is 0.0242. The van der Waals surface area contributed by atoms with Gasteiger partial charge in [-0.2, -0.15) is 0 Å². The predicted molar refractivity (Wildman–Crippen MR) is 205 cm³/mol. The Morgan fingerprint density at radius 1 is 1.03 bits per heavy atom. The molecule has 15 nitrogen and oxygen atoms in total. The molecule has 3 aliphatic carbocycles. The molecular formula is C42H54BNO14. The quantitative estimate of drug-likeness (QED) is 0.102. The van der Waals surface area contributed by atoms with Gasteiger partial charge in [0.25, 0.3) is 0 Å². The zero-order valence-electron chi connectivity index (χ0n) is 34.2. The maximum atomic E-state index is 14.4. The van der Waals surface area contributed by atoms with E-state index < -0.39 is 107 Å². The van der Waals surface area contributed by atoms with Crippen molar-refractivity contribution in [1.82, 2.24) is 0 Å². The molecule has 1 aromatic rings. The zero-order valence-corrected chi connectivity index (χ0v) is 34.2. The summed E-state index contributed by atoms with van der Waals surface area (Å²) in [6.07, 6.45) is -7.21. The van der Waals surface area contributed by atoms with Crippen LogP contribution in [0.3, 0.4) is 0 Å². The number of fused-ring (bicyclic) bond motifs is 4. The van der Waals surface area contributed by atoms with Crippen LogP contribution in [-0.4, -0.2) is 120 Å². The van der Waals surface area contributed by atoms with Crippen molar-refractivity contribution in [1.29, 1.82) is 0 Å². The number of rotatable bonds is 12. The van der Waals surface area contributed by atoms with Crippen LogP contribution in [-0.2, 0) is 52.2 Å². The van der Waals surface area contributed by atoms with E-state index in [0.29, 0.717) is 18.3 Å². The number of carbonyl (C=O) groups is 4. The van der Waals surface area contributed by atoms with Crippen LogP contribution in [0.15, 0.2) is 59.1 Å². The van der Waals surface area contributed by atoms with Gasteiger partial charge in [0.15, 0.2) is 6.29 Å². The van der Waals surface area contributed by atoms with Crippen molar-refractivity contribution in [2.24, 2.45) is 27.7 Å². The molecule has 0 amide bonds. The van der Waals surface area contributed by atoms with Crippen molar-refractivity contribution in [2.45, 2.75) is 141 Å². The summed E-state index contributed by atoms with van der Waals surface area (Å²) in [7, 11) is 0.442. The van der Waals surface area contributed by atoms with Gasteiger partial charge in [0.05, 0.1) is 18.3 Å². The summed E-state index contributed by atoms with van der Waals surface area (Å²) in [6.45, 7) is 16.9. The molecule has 13 atom stereocenters. The Kier molecular flexibility index (Phi) is 12.1. The van der Waals surface area contributed by atoms with Crippen LogP contribution in [0, 0.1) is 22.7 Å². The molecule has 2 unspecified atom stereocenters. The Morgan fingerprint density at radius 3 is 2.29 bits per heavy atom. The Morgan fingerprint density at radius 2 is 1.72 bits per heavy atom. The third kappa shape index (κ3) is 7.18. The third-order valence-electron chi connectivity index (χ3n) is 13.0. The van der Waals surface area contributed by atoms with Gasteiger partial charge in [-0.1, -0.05) is 31.7 Å². The number of aliphatic hydroxyl groups is 2. The van der Waals surface area contributed by atoms with Gasteiger partial charge in [-0.15, -0.1) is 0 Å². The van der Waals surface area contributed by atoms with E-state index in [1.807, 2.05) is 20.8 Å². The second-order valence-corrected chi connectivity index (χ2v) is 17.3. The first kappa shape index (κ1) is 43.5. The number of benzene rings is 1. The van der Waals surface area contributed by atoms with Gasteiger partial charge >= 0.3 is 210 Å². The number of esters is 4. The Balaban J connectivity index is 1.62. The molecule has 2 aliphatic heterocycles. The van der Waals surface area contributed by atoms with Gasteiger partial charge in [-0.3, -0.25) is 9.59 Å². The summed E-state index contributed by atoms with van der Waals surface area (Å²) in [6, 6.07) is 7.16. The van der Waals surface area contributed by atoms with Crippen molar-refractivity contribution < 1.29 is 67.3 Å². The fourth-order valence-electron chi connectivity index (χ4n) is 10.4. The van der Waals surface area contributed by atoms with E-state index in [1.165, 1.54) is 19.9 Å². The minimum atomic E-state index is -2.20. The SMILES string of the molecule is C=CC1O[C@H]2C[C@H]3OC[C@@]3(OC(C)=O)[C@H]3[C@H](OC(=O)c4ccccc4)[C@]4(O)C[C@H](OC(=O)C(O)[C@H](CC(C)C)N=CB=O)C(C)=C([C@H](OC(C)=O)[C@H](O1)[C@]23C)C4(C)C. The second kappa shape index (κ2) is 16.2. The molecule has 5 aliphatic rings.